The van der Waals surface area contributed by atoms with Crippen molar-refractivity contribution in [2.24, 2.45) is 5.92 Å². The molecule has 0 saturated heterocycles. The van der Waals surface area contributed by atoms with Gasteiger partial charge in [-0.15, -0.1) is 0 Å². The van der Waals surface area contributed by atoms with Crippen LogP contribution in [0.3, 0.4) is 0 Å². The van der Waals surface area contributed by atoms with E-state index >= 15 is 0 Å². The van der Waals surface area contributed by atoms with Crippen molar-refractivity contribution in [3.63, 3.8) is 0 Å². The second-order valence-corrected chi connectivity index (χ2v) is 4.61. The van der Waals surface area contributed by atoms with Crippen LogP contribution in [0.1, 0.15) is 24.2 Å². The number of esters is 2. The second-order valence-electron chi connectivity index (χ2n) is 4.61. The van der Waals surface area contributed by atoms with Gasteiger partial charge in [0.1, 0.15) is 11.8 Å². The number of rotatable bonds is 5. The molecular formula is C14H19NO5. The van der Waals surface area contributed by atoms with Crippen LogP contribution < -0.4 is 5.32 Å². The van der Waals surface area contributed by atoms with Crippen LogP contribution in [0.5, 0.6) is 5.75 Å². The van der Waals surface area contributed by atoms with Gasteiger partial charge in [-0.2, -0.15) is 0 Å². The van der Waals surface area contributed by atoms with E-state index in [-0.39, 0.29) is 22.9 Å². The van der Waals surface area contributed by atoms with Crippen LogP contribution in [0, 0.1) is 5.92 Å². The first-order chi connectivity index (χ1) is 9.40. The van der Waals surface area contributed by atoms with Crippen LogP contribution in [0.4, 0.5) is 5.69 Å². The molecule has 0 aliphatic rings. The predicted octanol–water partition coefficient (Wildman–Crippen LogP) is 1.79. The second kappa shape index (κ2) is 6.79. The summed E-state index contributed by atoms with van der Waals surface area (Å²) in [7, 11) is 2.57. The number of phenolic OH excluding ortho intramolecular Hbond substituents is 1. The Balaban J connectivity index is 3.05. The highest BCUT2D eigenvalue weighted by molar-refractivity contribution is 5.91. The summed E-state index contributed by atoms with van der Waals surface area (Å²) in [5, 5.41) is 12.7. The molecule has 2 N–H and O–H groups in total. The van der Waals surface area contributed by atoms with Gasteiger partial charge in [-0.05, 0) is 24.1 Å². The van der Waals surface area contributed by atoms with E-state index in [4.69, 9.17) is 4.74 Å². The Morgan fingerprint density at radius 1 is 1.20 bits per heavy atom. The maximum absolute atomic E-state index is 11.7. The van der Waals surface area contributed by atoms with Crippen molar-refractivity contribution in [2.75, 3.05) is 19.5 Å². The quantitative estimate of drug-likeness (QED) is 0.632. The molecule has 0 aliphatic carbocycles. The van der Waals surface area contributed by atoms with Crippen molar-refractivity contribution in [1.82, 2.24) is 0 Å². The van der Waals surface area contributed by atoms with Gasteiger partial charge in [-0.25, -0.2) is 9.59 Å². The number of ether oxygens (including phenoxy) is 2. The van der Waals surface area contributed by atoms with Crippen LogP contribution in [-0.2, 0) is 14.3 Å². The number of carbonyl (C=O) groups excluding carboxylic acids is 2. The van der Waals surface area contributed by atoms with E-state index in [1.165, 1.54) is 32.4 Å². The molecule has 0 fully saturated rings. The summed E-state index contributed by atoms with van der Waals surface area (Å²) in [4.78, 5) is 23.1. The first-order valence-corrected chi connectivity index (χ1v) is 6.16. The first kappa shape index (κ1) is 15.8. The minimum absolute atomic E-state index is 0.0522. The zero-order valence-corrected chi connectivity index (χ0v) is 12.0. The topological polar surface area (TPSA) is 84.9 Å². The van der Waals surface area contributed by atoms with E-state index in [2.05, 4.69) is 10.1 Å². The van der Waals surface area contributed by atoms with E-state index < -0.39 is 18.0 Å². The summed E-state index contributed by atoms with van der Waals surface area (Å²) in [6.07, 6.45) is 0. The Labute approximate surface area is 117 Å². The van der Waals surface area contributed by atoms with Gasteiger partial charge in [0.25, 0.3) is 0 Å². The minimum atomic E-state index is -0.626. The van der Waals surface area contributed by atoms with Gasteiger partial charge in [-0.3, -0.25) is 0 Å². The molecule has 0 saturated carbocycles. The van der Waals surface area contributed by atoms with E-state index in [1.54, 1.807) is 0 Å². The van der Waals surface area contributed by atoms with Crippen LogP contribution >= 0.6 is 0 Å². The third-order valence-corrected chi connectivity index (χ3v) is 2.85. The number of hydrogen-bond acceptors (Lipinski definition) is 6. The number of phenols is 1. The van der Waals surface area contributed by atoms with Gasteiger partial charge < -0.3 is 19.9 Å². The van der Waals surface area contributed by atoms with Crippen LogP contribution in [0.2, 0.25) is 0 Å². The number of aromatic hydroxyl groups is 1. The Hall–Kier alpha value is -2.24. The van der Waals surface area contributed by atoms with Gasteiger partial charge in [0.15, 0.2) is 0 Å². The molecule has 1 rings (SSSR count). The fraction of sp³-hybridized carbons (Fsp3) is 0.429. The van der Waals surface area contributed by atoms with Crippen molar-refractivity contribution in [3.8, 4) is 5.75 Å². The van der Waals surface area contributed by atoms with E-state index in [0.717, 1.165) is 0 Å². The molecule has 0 heterocycles. The van der Waals surface area contributed by atoms with E-state index in [9.17, 15) is 14.7 Å². The Kier molecular flexibility index (Phi) is 5.37. The summed E-state index contributed by atoms with van der Waals surface area (Å²) in [6, 6.07) is 3.61. The van der Waals surface area contributed by atoms with Gasteiger partial charge in [0, 0.05) is 0 Å². The molecule has 6 heteroatoms. The van der Waals surface area contributed by atoms with Crippen LogP contribution in [0.25, 0.3) is 0 Å². The van der Waals surface area contributed by atoms with Crippen LogP contribution in [0.15, 0.2) is 18.2 Å². The maximum Gasteiger partial charge on any atom is 0.337 e. The number of hydrogen-bond donors (Lipinski definition) is 2. The number of benzene rings is 1. The lowest BCUT2D eigenvalue weighted by atomic mass is 10.0. The summed E-state index contributed by atoms with van der Waals surface area (Å²) < 4.78 is 9.32. The van der Waals surface area contributed by atoms with E-state index in [0.29, 0.717) is 0 Å². The highest BCUT2D eigenvalue weighted by atomic mass is 16.5. The molecule has 110 valence electrons. The third kappa shape index (κ3) is 3.63. The predicted molar refractivity (Wildman–Crippen MR) is 73.7 cm³/mol. The lowest BCUT2D eigenvalue weighted by molar-refractivity contribution is -0.142. The van der Waals surface area contributed by atoms with Crippen molar-refractivity contribution in [3.05, 3.63) is 23.8 Å². The summed E-state index contributed by atoms with van der Waals surface area (Å²) >= 11 is 0. The lowest BCUT2D eigenvalue weighted by Crippen LogP contribution is -2.35. The SMILES string of the molecule is COC(=O)c1ccc(O)c(NC(C(=O)OC)C(C)C)c1. The Morgan fingerprint density at radius 3 is 2.35 bits per heavy atom. The smallest absolute Gasteiger partial charge is 0.337 e. The molecule has 1 atom stereocenters. The highest BCUT2D eigenvalue weighted by Gasteiger charge is 2.24. The third-order valence-electron chi connectivity index (χ3n) is 2.85. The van der Waals surface area contributed by atoms with E-state index in [1.807, 2.05) is 13.8 Å². The average Bonchev–Trinajstić information content (AvgIpc) is 2.44. The molecule has 0 aromatic heterocycles. The summed E-state index contributed by atoms with van der Waals surface area (Å²) in [6.45, 7) is 3.69. The van der Waals surface area contributed by atoms with Crippen molar-refractivity contribution >= 4 is 17.6 Å². The van der Waals surface area contributed by atoms with Gasteiger partial charge in [0.05, 0.1) is 25.5 Å². The van der Waals surface area contributed by atoms with Gasteiger partial charge in [-0.1, -0.05) is 13.8 Å². The van der Waals surface area contributed by atoms with Crippen molar-refractivity contribution in [1.29, 1.82) is 0 Å². The first-order valence-electron chi connectivity index (χ1n) is 6.16. The molecule has 0 bridgehead atoms. The molecule has 0 amide bonds. The minimum Gasteiger partial charge on any atom is -0.506 e. The molecule has 1 aromatic rings. The van der Waals surface area contributed by atoms with Gasteiger partial charge in [0.2, 0.25) is 0 Å². The average molecular weight is 281 g/mol. The molecule has 1 unspecified atom stereocenters. The fourth-order valence-corrected chi connectivity index (χ4v) is 1.69. The summed E-state index contributed by atoms with van der Waals surface area (Å²) in [5.74, 6) is -1.08. The standard InChI is InChI=1S/C14H19NO5/c1-8(2)12(14(18)20-4)15-10-7-9(13(17)19-3)5-6-11(10)16/h5-8,12,15-16H,1-4H3. The van der Waals surface area contributed by atoms with Crippen LogP contribution in [-0.4, -0.2) is 37.3 Å². The molecule has 20 heavy (non-hydrogen) atoms. The fourth-order valence-electron chi connectivity index (χ4n) is 1.69. The number of carbonyl (C=O) groups is 2. The monoisotopic (exact) mass is 281 g/mol. The Bertz CT molecular complexity index is 498. The number of methoxy groups -OCH3 is 2. The molecule has 0 aliphatic heterocycles. The molecule has 1 aromatic carbocycles. The zero-order valence-electron chi connectivity index (χ0n) is 12.0. The lowest BCUT2D eigenvalue weighted by Gasteiger charge is -2.21. The highest BCUT2D eigenvalue weighted by Crippen LogP contribution is 2.26. The van der Waals surface area contributed by atoms with Gasteiger partial charge >= 0.3 is 11.9 Å². The maximum atomic E-state index is 11.7. The zero-order chi connectivity index (χ0) is 15.3. The molecule has 0 spiro atoms. The van der Waals surface area contributed by atoms with Crippen molar-refractivity contribution in [2.45, 2.75) is 19.9 Å². The normalized spacial score (nSPS) is 11.8. The molecule has 6 nitrogen and oxygen atoms in total. The number of nitrogens with one attached hydrogen (secondary N) is 1. The molecule has 0 radical (unpaired) electrons. The number of anilines is 1. The Morgan fingerprint density at radius 2 is 1.85 bits per heavy atom. The molecular weight excluding hydrogens is 262 g/mol. The summed E-state index contributed by atoms with van der Waals surface area (Å²) in [5.41, 5.74) is 0.553. The largest absolute Gasteiger partial charge is 0.506 e. The van der Waals surface area contributed by atoms with Crippen molar-refractivity contribution < 1.29 is 24.2 Å².